The van der Waals surface area contributed by atoms with E-state index in [1.165, 1.54) is 7.11 Å². The first-order chi connectivity index (χ1) is 13.7. The predicted molar refractivity (Wildman–Crippen MR) is 115 cm³/mol. The van der Waals surface area contributed by atoms with Gasteiger partial charge in [-0.2, -0.15) is 0 Å². The Morgan fingerprint density at radius 1 is 1.34 bits per heavy atom. The Morgan fingerprint density at radius 2 is 2.03 bits per heavy atom. The molecule has 1 saturated heterocycles. The van der Waals surface area contributed by atoms with Gasteiger partial charge in [-0.3, -0.25) is 0 Å². The second kappa shape index (κ2) is 8.12. The number of terminal acetylenes is 1. The van der Waals surface area contributed by atoms with E-state index in [4.69, 9.17) is 11.2 Å². The smallest absolute Gasteiger partial charge is 0.0914 e. The number of benzene rings is 1. The van der Waals surface area contributed by atoms with Gasteiger partial charge in [0, 0.05) is 25.1 Å². The highest BCUT2D eigenvalue weighted by molar-refractivity contribution is 5.62. The van der Waals surface area contributed by atoms with Gasteiger partial charge in [-0.1, -0.05) is 29.7 Å². The molecule has 3 rings (SSSR count). The Balaban J connectivity index is 2.14. The molecule has 0 aromatic heterocycles. The lowest BCUT2D eigenvalue weighted by molar-refractivity contribution is -0.232. The first-order valence-corrected chi connectivity index (χ1v) is 10.3. The maximum atomic E-state index is 11.8. The van der Waals surface area contributed by atoms with Crippen LogP contribution in [0.5, 0.6) is 0 Å². The number of aliphatic hydroxyl groups excluding tert-OH is 1. The molecule has 5 nitrogen and oxygen atoms in total. The van der Waals surface area contributed by atoms with Crippen LogP contribution >= 0.6 is 0 Å². The molecular weight excluding hydrogens is 366 g/mol. The van der Waals surface area contributed by atoms with Crippen molar-refractivity contribution >= 4 is 5.69 Å². The average molecular weight is 400 g/mol. The number of methoxy groups -OCH3 is 1. The number of ether oxygens (including phenoxy) is 1. The highest BCUT2D eigenvalue weighted by atomic mass is 16.5. The zero-order chi connectivity index (χ0) is 21.4. The van der Waals surface area contributed by atoms with E-state index in [1.54, 1.807) is 6.92 Å². The van der Waals surface area contributed by atoms with Crippen LogP contribution in [0.25, 0.3) is 0 Å². The second-order valence-corrected chi connectivity index (χ2v) is 8.94. The van der Waals surface area contributed by atoms with E-state index in [0.29, 0.717) is 25.8 Å². The molecule has 2 fully saturated rings. The number of β-amino-alcohol motifs (C(OH)–C–C–N with tert-alkyl or cyclic N) is 1. The quantitative estimate of drug-likeness (QED) is 0.536. The van der Waals surface area contributed by atoms with Crippen molar-refractivity contribution < 1.29 is 20.1 Å². The van der Waals surface area contributed by atoms with Crippen molar-refractivity contribution in [2.45, 2.75) is 69.5 Å². The maximum absolute atomic E-state index is 11.8. The minimum atomic E-state index is -1.32. The van der Waals surface area contributed by atoms with Gasteiger partial charge in [0.25, 0.3) is 0 Å². The van der Waals surface area contributed by atoms with Gasteiger partial charge in [0.1, 0.15) is 0 Å². The minimum Gasteiger partial charge on any atom is -0.390 e. The van der Waals surface area contributed by atoms with E-state index in [9.17, 15) is 15.3 Å². The maximum Gasteiger partial charge on any atom is 0.0914 e. The van der Waals surface area contributed by atoms with Gasteiger partial charge in [0.15, 0.2) is 0 Å². The largest absolute Gasteiger partial charge is 0.390 e. The summed E-state index contributed by atoms with van der Waals surface area (Å²) in [5.41, 5.74) is 0.190. The fourth-order valence-electron chi connectivity index (χ4n) is 5.33. The topological polar surface area (TPSA) is 73.2 Å². The van der Waals surface area contributed by atoms with Gasteiger partial charge in [-0.25, -0.2) is 0 Å². The number of hydrogen-bond acceptors (Lipinski definition) is 5. The van der Waals surface area contributed by atoms with E-state index in [2.05, 4.69) is 16.9 Å². The zero-order valence-electron chi connectivity index (χ0n) is 17.8. The number of allylic oxidation sites excluding steroid dienone is 1. The summed E-state index contributed by atoms with van der Waals surface area (Å²) < 4.78 is 5.60. The van der Waals surface area contributed by atoms with Crippen LogP contribution in [-0.4, -0.2) is 58.4 Å². The summed E-state index contributed by atoms with van der Waals surface area (Å²) in [7, 11) is 1.53. The van der Waals surface area contributed by atoms with Crippen LogP contribution in [0.3, 0.4) is 0 Å². The molecule has 1 heterocycles. The lowest BCUT2D eigenvalue weighted by Crippen LogP contribution is -2.75. The van der Waals surface area contributed by atoms with Gasteiger partial charge in [0.05, 0.1) is 35.1 Å². The van der Waals surface area contributed by atoms with E-state index in [-0.39, 0.29) is 6.04 Å². The van der Waals surface area contributed by atoms with Crippen molar-refractivity contribution in [1.29, 1.82) is 0 Å². The molecule has 0 bridgehead atoms. The first kappa shape index (κ1) is 21.9. The molecule has 1 aromatic rings. The summed E-state index contributed by atoms with van der Waals surface area (Å²) in [6, 6.07) is 7.29. The highest BCUT2D eigenvalue weighted by Gasteiger charge is 2.63. The second-order valence-electron chi connectivity index (χ2n) is 8.94. The molecule has 1 aliphatic heterocycles. The normalized spacial score (nSPS) is 36.8. The van der Waals surface area contributed by atoms with Crippen molar-refractivity contribution in [1.82, 2.24) is 0 Å². The number of nitrogens with zero attached hydrogens (tertiary/aromatic N) is 1. The van der Waals surface area contributed by atoms with Crippen molar-refractivity contribution in [2.24, 2.45) is 5.92 Å². The Bertz CT molecular complexity index is 807. The molecule has 29 heavy (non-hydrogen) atoms. The molecule has 1 aromatic carbocycles. The van der Waals surface area contributed by atoms with Gasteiger partial charge in [-0.05, 0) is 52.2 Å². The van der Waals surface area contributed by atoms with Gasteiger partial charge >= 0.3 is 0 Å². The van der Waals surface area contributed by atoms with Gasteiger partial charge in [-0.15, -0.1) is 6.42 Å². The standard InChI is InChI=1S/C24H33NO4/c1-6-17-9-7-8-10-18(17)25-15-24(28)14-13-19(26)21(29-5)22(24)23(4,27)20(25)12-11-16(2)3/h1,7-11,19-22,26-28H,12-15H2,2-5H3/t19-,20+,21-,22-,23+,24+/m1/s1. The lowest BCUT2D eigenvalue weighted by Gasteiger charge is -2.61. The molecule has 1 saturated carbocycles. The number of aliphatic hydroxyl groups is 3. The molecule has 0 spiro atoms. The summed E-state index contributed by atoms with van der Waals surface area (Å²) >= 11 is 0. The van der Waals surface area contributed by atoms with Crippen molar-refractivity contribution in [3.8, 4) is 12.3 Å². The molecule has 0 amide bonds. The molecule has 158 valence electrons. The Kier molecular flexibility index (Phi) is 6.12. The Labute approximate surface area is 174 Å². The van der Waals surface area contributed by atoms with Crippen LogP contribution < -0.4 is 4.90 Å². The fraction of sp³-hybridized carbons (Fsp3) is 0.583. The van der Waals surface area contributed by atoms with Crippen LogP contribution in [0.1, 0.15) is 45.6 Å². The SMILES string of the molecule is C#Cc1ccccc1N1C[C@@]2(O)CC[C@@H](O)[C@@H](OC)[C@@H]2[C@@](C)(O)[C@@H]1CC=C(C)C. The third-order valence-corrected chi connectivity index (χ3v) is 6.67. The summed E-state index contributed by atoms with van der Waals surface area (Å²) in [6.45, 7) is 6.12. The van der Waals surface area contributed by atoms with Crippen molar-refractivity contribution in [2.75, 3.05) is 18.6 Å². The third kappa shape index (κ3) is 3.83. The number of rotatable bonds is 4. The predicted octanol–water partition coefficient (Wildman–Crippen LogP) is 2.48. The highest BCUT2D eigenvalue weighted by Crippen LogP contribution is 2.50. The van der Waals surface area contributed by atoms with Crippen molar-refractivity contribution in [3.05, 3.63) is 41.5 Å². The third-order valence-electron chi connectivity index (χ3n) is 6.67. The molecule has 6 atom stereocenters. The Hall–Kier alpha value is -1.84. The average Bonchev–Trinajstić information content (AvgIpc) is 2.67. The van der Waals surface area contributed by atoms with E-state index < -0.39 is 29.3 Å². The molecule has 2 aliphatic rings. The molecule has 3 N–H and O–H groups in total. The van der Waals surface area contributed by atoms with Gasteiger partial charge < -0.3 is 25.0 Å². The summed E-state index contributed by atoms with van der Waals surface area (Å²) in [4.78, 5) is 2.05. The molecule has 0 radical (unpaired) electrons. The summed E-state index contributed by atoms with van der Waals surface area (Å²) in [5.74, 6) is 2.12. The zero-order valence-corrected chi connectivity index (χ0v) is 17.8. The number of para-hydroxylation sites is 1. The van der Waals surface area contributed by atoms with E-state index in [0.717, 1.165) is 16.8 Å². The Morgan fingerprint density at radius 3 is 2.66 bits per heavy atom. The number of hydrogen-bond donors (Lipinski definition) is 3. The van der Waals surface area contributed by atoms with Gasteiger partial charge in [0.2, 0.25) is 0 Å². The van der Waals surface area contributed by atoms with E-state index >= 15 is 0 Å². The van der Waals surface area contributed by atoms with Crippen molar-refractivity contribution in [3.63, 3.8) is 0 Å². The first-order valence-electron chi connectivity index (χ1n) is 10.3. The van der Waals surface area contributed by atoms with Crippen LogP contribution in [0.2, 0.25) is 0 Å². The number of anilines is 1. The molecular formula is C24H33NO4. The number of fused-ring (bicyclic) bond motifs is 1. The van der Waals surface area contributed by atoms with Crippen LogP contribution in [0.15, 0.2) is 35.9 Å². The van der Waals surface area contributed by atoms with Crippen LogP contribution in [0, 0.1) is 18.3 Å². The number of piperidine rings is 1. The summed E-state index contributed by atoms with van der Waals surface area (Å²) in [5, 5.41) is 34.0. The monoisotopic (exact) mass is 399 g/mol. The van der Waals surface area contributed by atoms with Crippen LogP contribution in [-0.2, 0) is 4.74 Å². The molecule has 0 unspecified atom stereocenters. The molecule has 1 aliphatic carbocycles. The van der Waals surface area contributed by atoms with Crippen LogP contribution in [0.4, 0.5) is 5.69 Å². The van der Waals surface area contributed by atoms with E-state index in [1.807, 2.05) is 38.1 Å². The minimum absolute atomic E-state index is 0.320. The molecule has 5 heteroatoms. The fourth-order valence-corrected chi connectivity index (χ4v) is 5.33. The summed E-state index contributed by atoms with van der Waals surface area (Å²) in [6.07, 6.45) is 7.89. The lowest BCUT2D eigenvalue weighted by atomic mass is 9.59.